The van der Waals surface area contributed by atoms with Gasteiger partial charge in [-0.15, -0.1) is 0 Å². The average molecular weight is 200 g/mol. The molecule has 1 aromatic carbocycles. The van der Waals surface area contributed by atoms with Gasteiger partial charge in [-0.1, -0.05) is 6.07 Å². The Morgan fingerprint density at radius 1 is 1.40 bits per heavy atom. The van der Waals surface area contributed by atoms with Gasteiger partial charge in [0.2, 0.25) is 5.91 Å². The van der Waals surface area contributed by atoms with E-state index in [1.54, 1.807) is 6.92 Å². The highest BCUT2D eigenvalue weighted by Crippen LogP contribution is 2.35. The Hall–Kier alpha value is -1.77. The Morgan fingerprint density at radius 3 is 3.07 bits per heavy atom. The van der Waals surface area contributed by atoms with Crippen molar-refractivity contribution >= 4 is 22.5 Å². The highest BCUT2D eigenvalue weighted by atomic mass is 16.2. The van der Waals surface area contributed by atoms with Crippen LogP contribution in [0.2, 0.25) is 0 Å². The van der Waals surface area contributed by atoms with Crippen LogP contribution in [0.4, 0.5) is 5.69 Å². The van der Waals surface area contributed by atoms with E-state index in [0.717, 1.165) is 29.6 Å². The maximum absolute atomic E-state index is 11.5. The molecule has 0 saturated heterocycles. The molecule has 0 radical (unpaired) electrons. The molecule has 2 heterocycles. The predicted octanol–water partition coefficient (Wildman–Crippen LogP) is 2.08. The van der Waals surface area contributed by atoms with Crippen molar-refractivity contribution in [1.82, 2.24) is 4.98 Å². The zero-order chi connectivity index (χ0) is 10.4. The molecule has 1 aliphatic rings. The quantitative estimate of drug-likeness (QED) is 0.694. The summed E-state index contributed by atoms with van der Waals surface area (Å²) in [6.07, 6.45) is 2.89. The summed E-state index contributed by atoms with van der Waals surface area (Å²) in [5.74, 6) is 0.127. The molecular weight excluding hydrogens is 188 g/mol. The SMILES string of the molecule is CC(=O)N1CCc2ccc3[nH]ccc3c21. The number of rotatable bonds is 0. The number of carbonyl (C=O) groups excluding carboxylic acids is 1. The van der Waals surface area contributed by atoms with Crippen LogP contribution in [0, 0.1) is 0 Å². The number of amides is 1. The molecule has 0 aliphatic carbocycles. The summed E-state index contributed by atoms with van der Waals surface area (Å²) in [6.45, 7) is 2.44. The number of nitrogens with zero attached hydrogens (tertiary/aromatic N) is 1. The molecule has 0 saturated carbocycles. The van der Waals surface area contributed by atoms with Gasteiger partial charge in [-0.25, -0.2) is 0 Å². The third-order valence-corrected chi connectivity index (χ3v) is 3.04. The summed E-state index contributed by atoms with van der Waals surface area (Å²) in [5, 5.41) is 1.15. The zero-order valence-electron chi connectivity index (χ0n) is 8.58. The molecule has 0 atom stereocenters. The second-order valence-electron chi connectivity index (χ2n) is 3.93. The van der Waals surface area contributed by atoms with Gasteiger partial charge >= 0.3 is 0 Å². The number of hydrogen-bond acceptors (Lipinski definition) is 1. The van der Waals surface area contributed by atoms with Gasteiger partial charge in [0.15, 0.2) is 0 Å². The van der Waals surface area contributed by atoms with Crippen LogP contribution in [0.5, 0.6) is 0 Å². The molecule has 1 N–H and O–H groups in total. The normalized spacial score (nSPS) is 14.6. The van der Waals surface area contributed by atoms with Crippen LogP contribution in [0.1, 0.15) is 12.5 Å². The first kappa shape index (κ1) is 8.53. The summed E-state index contributed by atoms with van der Waals surface area (Å²) in [5.41, 5.74) is 3.47. The molecule has 76 valence electrons. The van der Waals surface area contributed by atoms with E-state index >= 15 is 0 Å². The molecule has 3 heteroatoms. The minimum absolute atomic E-state index is 0.127. The summed E-state index contributed by atoms with van der Waals surface area (Å²) >= 11 is 0. The van der Waals surface area contributed by atoms with Crippen LogP contribution in [0.3, 0.4) is 0 Å². The molecule has 2 aromatic rings. The van der Waals surface area contributed by atoms with Crippen LogP contribution in [-0.2, 0) is 11.2 Å². The van der Waals surface area contributed by atoms with Crippen LogP contribution >= 0.6 is 0 Å². The minimum atomic E-state index is 0.127. The summed E-state index contributed by atoms with van der Waals surface area (Å²) in [4.78, 5) is 16.5. The van der Waals surface area contributed by atoms with Gasteiger partial charge in [0, 0.05) is 30.6 Å². The van der Waals surface area contributed by atoms with Crippen molar-refractivity contribution in [2.24, 2.45) is 0 Å². The van der Waals surface area contributed by atoms with Gasteiger partial charge in [0.25, 0.3) is 0 Å². The molecule has 3 nitrogen and oxygen atoms in total. The van der Waals surface area contributed by atoms with Gasteiger partial charge < -0.3 is 9.88 Å². The van der Waals surface area contributed by atoms with Crippen molar-refractivity contribution in [1.29, 1.82) is 0 Å². The van der Waals surface area contributed by atoms with E-state index in [1.807, 2.05) is 17.2 Å². The first-order valence-electron chi connectivity index (χ1n) is 5.14. The number of carbonyl (C=O) groups is 1. The second-order valence-corrected chi connectivity index (χ2v) is 3.93. The van der Waals surface area contributed by atoms with Gasteiger partial charge in [-0.3, -0.25) is 4.79 Å². The number of aromatic amines is 1. The van der Waals surface area contributed by atoms with Crippen LogP contribution in [0.15, 0.2) is 24.4 Å². The fourth-order valence-corrected chi connectivity index (χ4v) is 2.34. The fraction of sp³-hybridized carbons (Fsp3) is 0.250. The number of aromatic nitrogens is 1. The van der Waals surface area contributed by atoms with Crippen LogP contribution in [0.25, 0.3) is 10.9 Å². The van der Waals surface area contributed by atoms with Crippen molar-refractivity contribution < 1.29 is 4.79 Å². The van der Waals surface area contributed by atoms with Crippen molar-refractivity contribution in [2.75, 3.05) is 11.4 Å². The Balaban J connectivity index is 2.31. The molecule has 0 bridgehead atoms. The Labute approximate surface area is 87.7 Å². The van der Waals surface area contributed by atoms with Crippen LogP contribution in [-0.4, -0.2) is 17.4 Å². The van der Waals surface area contributed by atoms with E-state index in [1.165, 1.54) is 5.56 Å². The molecule has 15 heavy (non-hydrogen) atoms. The summed E-state index contributed by atoms with van der Waals surface area (Å²) in [7, 11) is 0. The highest BCUT2D eigenvalue weighted by molar-refractivity contribution is 6.04. The predicted molar refractivity (Wildman–Crippen MR) is 60.0 cm³/mol. The maximum Gasteiger partial charge on any atom is 0.223 e. The smallest absolute Gasteiger partial charge is 0.223 e. The Morgan fingerprint density at radius 2 is 2.27 bits per heavy atom. The second kappa shape index (κ2) is 2.86. The number of anilines is 1. The van der Waals surface area contributed by atoms with Crippen molar-refractivity contribution in [3.8, 4) is 0 Å². The standard InChI is InChI=1S/C12H12N2O/c1-8(15)14-7-5-9-2-3-11-10(12(9)14)4-6-13-11/h2-4,6,13H,5,7H2,1H3. The third-order valence-electron chi connectivity index (χ3n) is 3.04. The first-order valence-corrected chi connectivity index (χ1v) is 5.14. The number of benzene rings is 1. The largest absolute Gasteiger partial charge is 0.361 e. The molecule has 1 aromatic heterocycles. The van der Waals surface area contributed by atoms with Gasteiger partial charge in [0.1, 0.15) is 0 Å². The topological polar surface area (TPSA) is 36.1 Å². The van der Waals surface area contributed by atoms with E-state index in [0.29, 0.717) is 0 Å². The lowest BCUT2D eigenvalue weighted by Crippen LogP contribution is -2.25. The molecule has 1 amide bonds. The van der Waals surface area contributed by atoms with Crippen LogP contribution < -0.4 is 4.90 Å². The van der Waals surface area contributed by atoms with Gasteiger partial charge in [0.05, 0.1) is 5.69 Å². The Kier molecular flexibility index (Phi) is 1.63. The lowest BCUT2D eigenvalue weighted by Gasteiger charge is -2.15. The first-order chi connectivity index (χ1) is 7.27. The average Bonchev–Trinajstić information content (AvgIpc) is 2.82. The van der Waals surface area contributed by atoms with Gasteiger partial charge in [-0.05, 0) is 24.1 Å². The lowest BCUT2D eigenvalue weighted by atomic mass is 10.1. The zero-order valence-corrected chi connectivity index (χ0v) is 8.58. The highest BCUT2D eigenvalue weighted by Gasteiger charge is 2.24. The third kappa shape index (κ3) is 1.09. The molecule has 0 unspecified atom stereocenters. The minimum Gasteiger partial charge on any atom is -0.361 e. The number of hydrogen-bond donors (Lipinski definition) is 1. The summed E-state index contributed by atoms with van der Waals surface area (Å²) in [6, 6.07) is 6.23. The number of H-pyrrole nitrogens is 1. The molecule has 0 spiro atoms. The molecule has 1 aliphatic heterocycles. The number of nitrogens with one attached hydrogen (secondary N) is 1. The van der Waals surface area contributed by atoms with Crippen molar-refractivity contribution in [3.63, 3.8) is 0 Å². The van der Waals surface area contributed by atoms with Gasteiger partial charge in [-0.2, -0.15) is 0 Å². The van der Waals surface area contributed by atoms with E-state index < -0.39 is 0 Å². The molecule has 0 fully saturated rings. The Bertz CT molecular complexity index is 542. The maximum atomic E-state index is 11.5. The fourth-order valence-electron chi connectivity index (χ4n) is 2.34. The molecule has 3 rings (SSSR count). The molecular formula is C12H12N2O. The van der Waals surface area contributed by atoms with E-state index in [2.05, 4.69) is 17.1 Å². The van der Waals surface area contributed by atoms with Crippen molar-refractivity contribution in [3.05, 3.63) is 30.0 Å². The van der Waals surface area contributed by atoms with E-state index in [9.17, 15) is 4.79 Å². The van der Waals surface area contributed by atoms with Crippen molar-refractivity contribution in [2.45, 2.75) is 13.3 Å². The monoisotopic (exact) mass is 200 g/mol. The van der Waals surface area contributed by atoms with E-state index in [4.69, 9.17) is 0 Å². The van der Waals surface area contributed by atoms with E-state index in [-0.39, 0.29) is 5.91 Å². The number of fused-ring (bicyclic) bond motifs is 3. The summed E-state index contributed by atoms with van der Waals surface area (Å²) < 4.78 is 0. The lowest BCUT2D eigenvalue weighted by molar-refractivity contribution is -0.116.